The molecular formula is C23H27N3O5S. The first-order valence-electron chi connectivity index (χ1n) is 10.7. The van der Waals surface area contributed by atoms with Crippen molar-refractivity contribution in [1.82, 2.24) is 4.90 Å². The molecule has 9 heteroatoms. The monoisotopic (exact) mass is 457 g/mol. The van der Waals surface area contributed by atoms with Crippen LogP contribution in [-0.2, 0) is 14.8 Å². The van der Waals surface area contributed by atoms with Crippen LogP contribution >= 0.6 is 0 Å². The van der Waals surface area contributed by atoms with Gasteiger partial charge in [-0.15, -0.1) is 0 Å². The van der Waals surface area contributed by atoms with Gasteiger partial charge in [0.15, 0.2) is 0 Å². The van der Waals surface area contributed by atoms with Gasteiger partial charge in [0.2, 0.25) is 5.91 Å². The fourth-order valence-corrected chi connectivity index (χ4v) is 5.63. The summed E-state index contributed by atoms with van der Waals surface area (Å²) in [5.74, 6) is 0.112. The number of fused-ring (bicyclic) bond motifs is 2. The quantitative estimate of drug-likeness (QED) is 0.731. The maximum Gasteiger partial charge on any atom is 0.262 e. The third-order valence-electron chi connectivity index (χ3n) is 5.84. The Morgan fingerprint density at radius 1 is 1.09 bits per heavy atom. The molecule has 1 atom stereocenters. The van der Waals surface area contributed by atoms with E-state index in [0.717, 1.165) is 25.7 Å². The van der Waals surface area contributed by atoms with Crippen LogP contribution in [0.15, 0.2) is 41.3 Å². The lowest BCUT2D eigenvalue weighted by Crippen LogP contribution is -2.45. The summed E-state index contributed by atoms with van der Waals surface area (Å²) in [5, 5.41) is 2.64. The van der Waals surface area contributed by atoms with Gasteiger partial charge in [-0.1, -0.05) is 0 Å². The van der Waals surface area contributed by atoms with Crippen molar-refractivity contribution in [2.24, 2.45) is 0 Å². The van der Waals surface area contributed by atoms with Crippen LogP contribution in [0.2, 0.25) is 0 Å². The van der Waals surface area contributed by atoms with Crippen LogP contribution < -0.4 is 14.8 Å². The van der Waals surface area contributed by atoms with Crippen LogP contribution in [0, 0.1) is 6.92 Å². The van der Waals surface area contributed by atoms with Gasteiger partial charge in [0.1, 0.15) is 5.75 Å². The van der Waals surface area contributed by atoms with Crippen LogP contribution in [0.4, 0.5) is 11.4 Å². The third kappa shape index (κ3) is 4.57. The molecule has 32 heavy (non-hydrogen) atoms. The van der Waals surface area contributed by atoms with Crippen molar-refractivity contribution in [3.8, 4) is 5.75 Å². The van der Waals surface area contributed by atoms with E-state index >= 15 is 0 Å². The number of anilines is 2. The molecule has 1 unspecified atom stereocenters. The fourth-order valence-electron chi connectivity index (χ4n) is 4.36. The first-order valence-corrected chi connectivity index (χ1v) is 12.2. The van der Waals surface area contributed by atoms with Crippen LogP contribution in [-0.4, -0.2) is 44.3 Å². The lowest BCUT2D eigenvalue weighted by atomic mass is 9.97. The van der Waals surface area contributed by atoms with Gasteiger partial charge in [-0.25, -0.2) is 8.42 Å². The van der Waals surface area contributed by atoms with Crippen LogP contribution in [0.3, 0.4) is 0 Å². The van der Waals surface area contributed by atoms with Gasteiger partial charge >= 0.3 is 0 Å². The molecule has 1 fully saturated rings. The standard InChI is InChI=1S/C23H27N3O5S/c1-15-13-17(24-16(2)27)7-9-22(15)32(29,30)25-18-6-8-21-20(14-18)23(28)26-11-4-3-5-19(26)10-12-31-21/h6-9,13-14,19,25H,3-5,10-12H2,1-2H3,(H,24,27). The van der Waals surface area contributed by atoms with Crippen molar-refractivity contribution in [2.45, 2.75) is 50.5 Å². The lowest BCUT2D eigenvalue weighted by molar-refractivity contribution is -0.114. The predicted octanol–water partition coefficient (Wildman–Crippen LogP) is 3.53. The molecule has 4 rings (SSSR count). The zero-order valence-corrected chi connectivity index (χ0v) is 19.0. The molecule has 0 aliphatic carbocycles. The molecule has 2 N–H and O–H groups in total. The highest BCUT2D eigenvalue weighted by Crippen LogP contribution is 2.32. The number of nitrogens with one attached hydrogen (secondary N) is 2. The molecule has 2 aromatic carbocycles. The Morgan fingerprint density at radius 3 is 2.62 bits per heavy atom. The molecule has 0 bridgehead atoms. The van der Waals surface area contributed by atoms with Gasteiger partial charge in [-0.05, 0) is 68.1 Å². The number of rotatable bonds is 4. The van der Waals surface area contributed by atoms with Gasteiger partial charge in [0.25, 0.3) is 15.9 Å². The summed E-state index contributed by atoms with van der Waals surface area (Å²) in [6, 6.07) is 9.54. The minimum absolute atomic E-state index is 0.0945. The van der Waals surface area contributed by atoms with Crippen LogP contribution in [0.1, 0.15) is 48.5 Å². The normalized spacial score (nSPS) is 18.5. The van der Waals surface area contributed by atoms with Crippen molar-refractivity contribution >= 4 is 33.2 Å². The maximum atomic E-state index is 13.2. The second kappa shape index (κ2) is 8.82. The molecule has 8 nitrogen and oxygen atoms in total. The Labute approximate surface area is 188 Å². The summed E-state index contributed by atoms with van der Waals surface area (Å²) >= 11 is 0. The molecule has 0 spiro atoms. The first kappa shape index (κ1) is 22.1. The van der Waals surface area contributed by atoms with E-state index in [2.05, 4.69) is 10.0 Å². The van der Waals surface area contributed by atoms with Gasteiger partial charge in [-0.3, -0.25) is 14.3 Å². The molecule has 0 aromatic heterocycles. The average molecular weight is 458 g/mol. The molecule has 2 aromatic rings. The minimum Gasteiger partial charge on any atom is -0.493 e. The van der Waals surface area contributed by atoms with Crippen LogP contribution in [0.25, 0.3) is 0 Å². The number of benzene rings is 2. The van der Waals surface area contributed by atoms with E-state index in [1.165, 1.54) is 19.1 Å². The number of hydrogen-bond donors (Lipinski definition) is 2. The summed E-state index contributed by atoms with van der Waals surface area (Å²) in [5.41, 5.74) is 1.68. The van der Waals surface area contributed by atoms with E-state index in [-0.39, 0.29) is 22.8 Å². The Kier molecular flexibility index (Phi) is 6.10. The zero-order valence-electron chi connectivity index (χ0n) is 18.2. The van der Waals surface area contributed by atoms with Crippen molar-refractivity contribution in [3.63, 3.8) is 0 Å². The maximum absolute atomic E-state index is 13.2. The highest BCUT2D eigenvalue weighted by Gasteiger charge is 2.31. The number of aryl methyl sites for hydroxylation is 1. The summed E-state index contributed by atoms with van der Waals surface area (Å²) in [6.45, 7) is 4.28. The largest absolute Gasteiger partial charge is 0.493 e. The van der Waals surface area contributed by atoms with E-state index in [1.54, 1.807) is 31.2 Å². The van der Waals surface area contributed by atoms with E-state index in [4.69, 9.17) is 4.74 Å². The highest BCUT2D eigenvalue weighted by atomic mass is 32.2. The molecule has 2 heterocycles. The minimum atomic E-state index is -3.90. The first-order chi connectivity index (χ1) is 15.2. The molecule has 0 radical (unpaired) electrons. The third-order valence-corrected chi connectivity index (χ3v) is 7.39. The van der Waals surface area contributed by atoms with Crippen molar-refractivity contribution in [1.29, 1.82) is 0 Å². The molecule has 2 aliphatic rings. The number of amides is 2. The lowest BCUT2D eigenvalue weighted by Gasteiger charge is -2.37. The summed E-state index contributed by atoms with van der Waals surface area (Å²) < 4.78 is 34.5. The number of piperidine rings is 1. The Hall–Kier alpha value is -3.07. The Balaban J connectivity index is 1.61. The predicted molar refractivity (Wildman–Crippen MR) is 122 cm³/mol. The second-order valence-corrected chi connectivity index (χ2v) is 9.91. The fraction of sp³-hybridized carbons (Fsp3) is 0.391. The SMILES string of the molecule is CC(=O)Nc1ccc(S(=O)(=O)Nc2ccc3c(c2)C(=O)N2CCCCC2CCO3)c(C)c1. The van der Waals surface area contributed by atoms with E-state index in [9.17, 15) is 18.0 Å². The summed E-state index contributed by atoms with van der Waals surface area (Å²) in [6.07, 6.45) is 3.83. The Morgan fingerprint density at radius 2 is 1.88 bits per heavy atom. The van der Waals surface area contributed by atoms with E-state index in [0.29, 0.717) is 41.4 Å². The van der Waals surface area contributed by atoms with Crippen molar-refractivity contribution in [2.75, 3.05) is 23.2 Å². The number of ether oxygens (including phenoxy) is 1. The number of carbonyl (C=O) groups excluding carboxylic acids is 2. The molecule has 0 saturated carbocycles. The highest BCUT2D eigenvalue weighted by molar-refractivity contribution is 7.92. The summed E-state index contributed by atoms with van der Waals surface area (Å²) in [7, 11) is -3.90. The molecule has 1 saturated heterocycles. The van der Waals surface area contributed by atoms with Gasteiger partial charge in [0, 0.05) is 37.3 Å². The topological polar surface area (TPSA) is 105 Å². The number of carbonyl (C=O) groups is 2. The Bertz CT molecular complexity index is 1160. The molecular weight excluding hydrogens is 430 g/mol. The number of sulfonamides is 1. The van der Waals surface area contributed by atoms with E-state index < -0.39 is 10.0 Å². The zero-order chi connectivity index (χ0) is 22.9. The van der Waals surface area contributed by atoms with Gasteiger partial charge in [-0.2, -0.15) is 0 Å². The van der Waals surface area contributed by atoms with Crippen LogP contribution in [0.5, 0.6) is 5.75 Å². The van der Waals surface area contributed by atoms with Gasteiger partial charge < -0.3 is 15.0 Å². The molecule has 2 aliphatic heterocycles. The summed E-state index contributed by atoms with van der Waals surface area (Å²) in [4.78, 5) is 26.5. The smallest absolute Gasteiger partial charge is 0.262 e. The average Bonchev–Trinajstić information content (AvgIpc) is 2.72. The van der Waals surface area contributed by atoms with E-state index in [1.807, 2.05) is 4.90 Å². The molecule has 170 valence electrons. The van der Waals surface area contributed by atoms with Crippen molar-refractivity contribution in [3.05, 3.63) is 47.5 Å². The second-order valence-electron chi connectivity index (χ2n) is 8.26. The van der Waals surface area contributed by atoms with Gasteiger partial charge in [0.05, 0.1) is 17.1 Å². The van der Waals surface area contributed by atoms with Crippen molar-refractivity contribution < 1.29 is 22.7 Å². The number of hydrogen-bond acceptors (Lipinski definition) is 5. The number of nitrogens with zero attached hydrogens (tertiary/aromatic N) is 1. The molecule has 2 amide bonds.